The van der Waals surface area contributed by atoms with Gasteiger partial charge < -0.3 is 19.7 Å². The maximum atomic E-state index is 13.6. The van der Waals surface area contributed by atoms with Crippen molar-refractivity contribution in [2.24, 2.45) is 0 Å². The highest BCUT2D eigenvalue weighted by molar-refractivity contribution is 7.89. The van der Waals surface area contributed by atoms with Crippen LogP contribution in [0.3, 0.4) is 0 Å². The molecule has 1 aromatic heterocycles. The summed E-state index contributed by atoms with van der Waals surface area (Å²) in [6.45, 7) is 1.51. The van der Waals surface area contributed by atoms with Crippen LogP contribution in [0.4, 0.5) is 35.0 Å². The molecule has 10 nitrogen and oxygen atoms in total. The highest BCUT2D eigenvalue weighted by Gasteiger charge is 2.35. The Balaban J connectivity index is 1.47. The van der Waals surface area contributed by atoms with Crippen LogP contribution in [0.1, 0.15) is 12.6 Å². The number of benzene rings is 2. The molecule has 1 unspecified atom stereocenters. The molecule has 1 saturated heterocycles. The normalized spacial score (nSPS) is 15.4. The van der Waals surface area contributed by atoms with E-state index < -0.39 is 39.8 Å². The fourth-order valence-electron chi connectivity index (χ4n) is 3.85. The van der Waals surface area contributed by atoms with Gasteiger partial charge in [-0.1, -0.05) is 0 Å². The van der Waals surface area contributed by atoms with Crippen molar-refractivity contribution in [3.8, 4) is 5.75 Å². The molecule has 1 aliphatic rings. The zero-order chi connectivity index (χ0) is 29.1. The third-order valence-electron chi connectivity index (χ3n) is 5.95. The van der Waals surface area contributed by atoms with Crippen LogP contribution >= 0.6 is 0 Å². The van der Waals surface area contributed by atoms with Gasteiger partial charge in [-0.25, -0.2) is 22.6 Å². The van der Waals surface area contributed by atoms with Crippen molar-refractivity contribution in [2.75, 3.05) is 43.5 Å². The number of sulfonamides is 1. The van der Waals surface area contributed by atoms with E-state index in [1.165, 1.54) is 59.6 Å². The molecule has 0 spiro atoms. The van der Waals surface area contributed by atoms with Gasteiger partial charge >= 0.3 is 12.1 Å². The molecule has 4 rings (SSSR count). The Morgan fingerprint density at radius 2 is 1.62 bits per heavy atom. The number of hydrogen-bond donors (Lipinski definition) is 1. The van der Waals surface area contributed by atoms with Gasteiger partial charge in [-0.2, -0.15) is 22.5 Å². The average Bonchev–Trinajstić information content (AvgIpc) is 2.93. The number of hydrogen-bond acceptors (Lipinski definition) is 9. The van der Waals surface area contributed by atoms with Crippen LogP contribution in [0.5, 0.6) is 5.75 Å². The second-order valence-electron chi connectivity index (χ2n) is 8.71. The van der Waals surface area contributed by atoms with Gasteiger partial charge in [0, 0.05) is 37.9 Å². The van der Waals surface area contributed by atoms with Gasteiger partial charge in [0.1, 0.15) is 17.4 Å². The van der Waals surface area contributed by atoms with Gasteiger partial charge in [-0.15, -0.1) is 0 Å². The maximum absolute atomic E-state index is 13.6. The van der Waals surface area contributed by atoms with E-state index in [2.05, 4.69) is 20.0 Å². The van der Waals surface area contributed by atoms with E-state index in [9.17, 15) is 30.8 Å². The van der Waals surface area contributed by atoms with Crippen molar-refractivity contribution in [3.05, 3.63) is 66.1 Å². The smallest absolute Gasteiger partial charge is 0.433 e. The quantitative estimate of drug-likeness (QED) is 0.312. The van der Waals surface area contributed by atoms with Crippen molar-refractivity contribution < 1.29 is 40.2 Å². The summed E-state index contributed by atoms with van der Waals surface area (Å²) in [5.41, 5.74) is -0.854. The second kappa shape index (κ2) is 11.6. The van der Waals surface area contributed by atoms with E-state index in [0.29, 0.717) is 5.69 Å². The van der Waals surface area contributed by atoms with Crippen LogP contribution in [-0.4, -0.2) is 68.1 Å². The van der Waals surface area contributed by atoms with E-state index in [1.807, 2.05) is 0 Å². The van der Waals surface area contributed by atoms with E-state index in [1.54, 1.807) is 0 Å². The number of alkyl halides is 3. The van der Waals surface area contributed by atoms with Gasteiger partial charge in [-0.3, -0.25) is 0 Å². The summed E-state index contributed by atoms with van der Waals surface area (Å²) in [7, 11) is -2.70. The van der Waals surface area contributed by atoms with Gasteiger partial charge in [-0.05, 0) is 55.5 Å². The minimum Gasteiger partial charge on any atom is -0.479 e. The van der Waals surface area contributed by atoms with Crippen LogP contribution in [0.15, 0.2) is 59.5 Å². The zero-order valence-corrected chi connectivity index (χ0v) is 22.2. The molecule has 2 heterocycles. The highest BCUT2D eigenvalue weighted by atomic mass is 32.2. The summed E-state index contributed by atoms with van der Waals surface area (Å²) < 4.78 is 91.4. The molecule has 2 aromatic carbocycles. The van der Waals surface area contributed by atoms with Crippen molar-refractivity contribution in [2.45, 2.75) is 24.1 Å². The first-order valence-corrected chi connectivity index (χ1v) is 13.4. The molecule has 3 aromatic rings. The Bertz CT molecular complexity index is 1450. The number of carbonyl (C=O) groups is 1. The number of rotatable bonds is 8. The predicted molar refractivity (Wildman–Crippen MR) is 136 cm³/mol. The molecule has 0 saturated carbocycles. The van der Waals surface area contributed by atoms with Gasteiger partial charge in [0.05, 0.1) is 12.0 Å². The minimum absolute atomic E-state index is 0.0138. The molecule has 1 atom stereocenters. The molecular weight excluding hydrogens is 558 g/mol. The van der Waals surface area contributed by atoms with Crippen LogP contribution in [0.2, 0.25) is 0 Å². The summed E-state index contributed by atoms with van der Waals surface area (Å²) in [6.07, 6.45) is -5.64. The molecule has 1 N–H and O–H groups in total. The lowest BCUT2D eigenvalue weighted by Gasteiger charge is -2.34. The predicted octanol–water partition coefficient (Wildman–Crippen LogP) is 3.83. The number of esters is 1. The molecule has 214 valence electrons. The number of aromatic nitrogens is 2. The maximum Gasteiger partial charge on any atom is 0.433 e. The second-order valence-corrected chi connectivity index (χ2v) is 10.7. The Morgan fingerprint density at radius 1 is 1.00 bits per heavy atom. The van der Waals surface area contributed by atoms with E-state index in [4.69, 9.17) is 4.74 Å². The first-order chi connectivity index (χ1) is 18.9. The topological polar surface area (TPSA) is 114 Å². The largest absolute Gasteiger partial charge is 0.479 e. The molecule has 0 amide bonds. The van der Waals surface area contributed by atoms with Crippen LogP contribution in [0.25, 0.3) is 0 Å². The van der Waals surface area contributed by atoms with E-state index in [0.717, 1.165) is 18.2 Å². The van der Waals surface area contributed by atoms with Gasteiger partial charge in [0.25, 0.3) is 0 Å². The number of halogens is 4. The summed E-state index contributed by atoms with van der Waals surface area (Å²) in [6, 6.07) is 11.3. The summed E-state index contributed by atoms with van der Waals surface area (Å²) in [5, 5.41) is 2.72. The summed E-state index contributed by atoms with van der Waals surface area (Å²) in [4.78, 5) is 20.8. The molecule has 0 bridgehead atoms. The summed E-state index contributed by atoms with van der Waals surface area (Å²) >= 11 is 0. The Kier molecular flexibility index (Phi) is 8.44. The van der Waals surface area contributed by atoms with Gasteiger partial charge in [0.2, 0.25) is 16.0 Å². The van der Waals surface area contributed by atoms with Crippen molar-refractivity contribution in [1.82, 2.24) is 14.3 Å². The summed E-state index contributed by atoms with van der Waals surface area (Å²) in [5.74, 6) is -1.19. The molecule has 0 aliphatic carbocycles. The fraction of sp³-hybridized carbons (Fsp3) is 0.320. The average molecular weight is 584 g/mol. The Labute approximate surface area is 227 Å². The lowest BCUT2D eigenvalue weighted by molar-refractivity contribution is -0.148. The minimum atomic E-state index is -4.76. The number of ether oxygens (including phenoxy) is 2. The Hall–Kier alpha value is -3.98. The SMILES string of the molecule is COC(=O)C(C)Oc1ccc(S(=O)(=O)N2CCN(c3nc(Nc4ccc(F)cc4)cc(C(F)(F)F)n3)CC2)cc1. The van der Waals surface area contributed by atoms with Gasteiger partial charge in [0.15, 0.2) is 11.8 Å². The Morgan fingerprint density at radius 3 is 2.20 bits per heavy atom. The number of anilines is 3. The van der Waals surface area contributed by atoms with Crippen LogP contribution in [-0.2, 0) is 25.7 Å². The third kappa shape index (κ3) is 6.77. The molecule has 40 heavy (non-hydrogen) atoms. The van der Waals surface area contributed by atoms with Crippen molar-refractivity contribution in [3.63, 3.8) is 0 Å². The van der Waals surface area contributed by atoms with Crippen LogP contribution in [0, 0.1) is 5.82 Å². The van der Waals surface area contributed by atoms with E-state index >= 15 is 0 Å². The number of methoxy groups -OCH3 is 1. The third-order valence-corrected chi connectivity index (χ3v) is 7.86. The number of piperazine rings is 1. The standard InChI is InChI=1S/C25H25F4N5O5S/c1-16(23(35)38-2)39-19-7-9-20(10-8-19)40(36,37)34-13-11-33(12-14-34)24-31-21(25(27,28)29)15-22(32-24)30-18-5-3-17(26)4-6-18/h3-10,15-16H,11-14H2,1-2H3,(H,30,31,32). The van der Waals surface area contributed by atoms with Crippen LogP contribution < -0.4 is 15.0 Å². The first-order valence-electron chi connectivity index (χ1n) is 12.0. The number of carbonyl (C=O) groups excluding carboxylic acids is 1. The highest BCUT2D eigenvalue weighted by Crippen LogP contribution is 2.32. The molecule has 0 radical (unpaired) electrons. The zero-order valence-electron chi connectivity index (χ0n) is 21.4. The van der Waals surface area contributed by atoms with E-state index in [-0.39, 0.29) is 48.6 Å². The van der Waals surface area contributed by atoms with Crippen molar-refractivity contribution >= 4 is 33.4 Å². The number of nitrogens with one attached hydrogen (secondary N) is 1. The number of nitrogens with zero attached hydrogens (tertiary/aromatic N) is 4. The molecule has 1 aliphatic heterocycles. The lowest BCUT2D eigenvalue weighted by atomic mass is 10.3. The molecule has 15 heteroatoms. The molecule has 1 fully saturated rings. The molecular formula is C25H25F4N5O5S. The monoisotopic (exact) mass is 583 g/mol. The fourth-order valence-corrected chi connectivity index (χ4v) is 5.27. The first kappa shape index (κ1) is 29.0. The lowest BCUT2D eigenvalue weighted by Crippen LogP contribution is -2.49. The van der Waals surface area contributed by atoms with Crippen molar-refractivity contribution in [1.29, 1.82) is 0 Å².